The minimum absolute atomic E-state index is 0.208. The van der Waals surface area contributed by atoms with Gasteiger partial charge in [0.1, 0.15) is 0 Å². The first kappa shape index (κ1) is 16.0. The smallest absolute Gasteiger partial charge is 0.222 e. The number of carbonyl (C=O) groups is 1. The lowest BCUT2D eigenvalue weighted by Crippen LogP contribution is -2.32. The first-order valence-electron chi connectivity index (χ1n) is 6.02. The molecule has 0 spiro atoms. The zero-order valence-electron chi connectivity index (χ0n) is 11.5. The number of alkyl halides is 1. The van der Waals surface area contributed by atoms with Gasteiger partial charge in [-0.3, -0.25) is 4.79 Å². The molecular formula is C13H26BrNO. The third-order valence-electron chi connectivity index (χ3n) is 3.25. The Balaban J connectivity index is 4.06. The van der Waals surface area contributed by atoms with Gasteiger partial charge in [-0.2, -0.15) is 0 Å². The SMILES string of the molecule is CC(Br)CCN(C)C(=O)CC(C)C(C)(C)C. The van der Waals surface area contributed by atoms with Crippen molar-refractivity contribution in [1.29, 1.82) is 0 Å². The lowest BCUT2D eigenvalue weighted by atomic mass is 9.80. The van der Waals surface area contributed by atoms with Crippen LogP contribution in [0.4, 0.5) is 0 Å². The van der Waals surface area contributed by atoms with Crippen LogP contribution in [0.5, 0.6) is 0 Å². The number of amides is 1. The van der Waals surface area contributed by atoms with Crippen LogP contribution in [0.1, 0.15) is 47.5 Å². The van der Waals surface area contributed by atoms with Crippen LogP contribution < -0.4 is 0 Å². The van der Waals surface area contributed by atoms with Crippen LogP contribution in [0, 0.1) is 11.3 Å². The van der Waals surface area contributed by atoms with E-state index in [1.54, 1.807) is 0 Å². The summed E-state index contributed by atoms with van der Waals surface area (Å²) >= 11 is 3.50. The topological polar surface area (TPSA) is 20.3 Å². The van der Waals surface area contributed by atoms with Gasteiger partial charge >= 0.3 is 0 Å². The largest absolute Gasteiger partial charge is 0.346 e. The van der Waals surface area contributed by atoms with E-state index in [2.05, 4.69) is 50.5 Å². The highest BCUT2D eigenvalue weighted by Gasteiger charge is 2.23. The molecule has 0 saturated heterocycles. The van der Waals surface area contributed by atoms with Crippen LogP contribution in [-0.4, -0.2) is 29.2 Å². The van der Waals surface area contributed by atoms with Crippen molar-refractivity contribution in [1.82, 2.24) is 4.90 Å². The molecule has 2 nitrogen and oxygen atoms in total. The molecule has 0 N–H and O–H groups in total. The number of hydrogen-bond donors (Lipinski definition) is 0. The molecule has 0 rings (SSSR count). The van der Waals surface area contributed by atoms with Crippen LogP contribution in [0.2, 0.25) is 0 Å². The molecule has 0 fully saturated rings. The van der Waals surface area contributed by atoms with Gasteiger partial charge in [0.15, 0.2) is 0 Å². The molecule has 0 aliphatic heterocycles. The third-order valence-corrected chi connectivity index (χ3v) is 3.71. The number of halogens is 1. The van der Waals surface area contributed by atoms with Crippen molar-refractivity contribution in [3.8, 4) is 0 Å². The van der Waals surface area contributed by atoms with Crippen LogP contribution in [0.3, 0.4) is 0 Å². The zero-order valence-corrected chi connectivity index (χ0v) is 13.1. The molecule has 0 bridgehead atoms. The molecule has 0 aromatic carbocycles. The second-order valence-electron chi connectivity index (χ2n) is 5.86. The van der Waals surface area contributed by atoms with E-state index in [1.165, 1.54) is 0 Å². The molecule has 0 aromatic rings. The van der Waals surface area contributed by atoms with Crippen molar-refractivity contribution in [2.45, 2.75) is 52.3 Å². The first-order chi connectivity index (χ1) is 7.14. The van der Waals surface area contributed by atoms with E-state index in [0.717, 1.165) is 13.0 Å². The number of hydrogen-bond acceptors (Lipinski definition) is 1. The maximum absolute atomic E-state index is 11.9. The highest BCUT2D eigenvalue weighted by molar-refractivity contribution is 9.09. The minimum Gasteiger partial charge on any atom is -0.346 e. The summed E-state index contributed by atoms with van der Waals surface area (Å²) in [7, 11) is 1.90. The molecular weight excluding hydrogens is 266 g/mol. The Labute approximate surface area is 109 Å². The number of rotatable bonds is 5. The molecule has 0 aliphatic rings. The second-order valence-corrected chi connectivity index (χ2v) is 7.42. The maximum atomic E-state index is 11.9. The molecule has 96 valence electrons. The first-order valence-corrected chi connectivity index (χ1v) is 6.94. The van der Waals surface area contributed by atoms with Crippen LogP contribution in [0.25, 0.3) is 0 Å². The standard InChI is InChI=1S/C13H26BrNO/c1-10(13(3,4)5)9-12(16)15(6)8-7-11(2)14/h10-11H,7-9H2,1-6H3. The Bertz CT molecular complexity index is 220. The molecule has 16 heavy (non-hydrogen) atoms. The van der Waals surface area contributed by atoms with Gasteiger partial charge in [-0.25, -0.2) is 0 Å². The van der Waals surface area contributed by atoms with E-state index in [1.807, 2.05) is 11.9 Å². The van der Waals surface area contributed by atoms with Crippen molar-refractivity contribution in [3.05, 3.63) is 0 Å². The predicted molar refractivity (Wildman–Crippen MR) is 73.9 cm³/mol. The summed E-state index contributed by atoms with van der Waals surface area (Å²) in [4.78, 5) is 14.2. The lowest BCUT2D eigenvalue weighted by Gasteiger charge is -2.28. The summed E-state index contributed by atoms with van der Waals surface area (Å²) in [5.74, 6) is 0.680. The summed E-state index contributed by atoms with van der Waals surface area (Å²) in [6.07, 6.45) is 1.66. The average Bonchev–Trinajstić information content (AvgIpc) is 2.12. The van der Waals surface area contributed by atoms with Gasteiger partial charge in [0.2, 0.25) is 5.91 Å². The van der Waals surface area contributed by atoms with Crippen molar-refractivity contribution < 1.29 is 4.79 Å². The van der Waals surface area contributed by atoms with Crippen LogP contribution >= 0.6 is 15.9 Å². The van der Waals surface area contributed by atoms with E-state index in [9.17, 15) is 4.79 Å². The fourth-order valence-electron chi connectivity index (χ4n) is 1.22. The highest BCUT2D eigenvalue weighted by atomic mass is 79.9. The molecule has 2 unspecified atom stereocenters. The summed E-state index contributed by atoms with van der Waals surface area (Å²) < 4.78 is 0. The molecule has 1 amide bonds. The molecule has 0 aliphatic carbocycles. The summed E-state index contributed by atoms with van der Waals surface area (Å²) in [6.45, 7) is 11.7. The number of nitrogens with zero attached hydrogens (tertiary/aromatic N) is 1. The van der Waals surface area contributed by atoms with Crippen LogP contribution in [-0.2, 0) is 4.79 Å². The van der Waals surface area contributed by atoms with Gasteiger partial charge in [0.25, 0.3) is 0 Å². The van der Waals surface area contributed by atoms with Gasteiger partial charge in [0.05, 0.1) is 0 Å². The molecule has 2 atom stereocenters. The Kier molecular flexibility index (Phi) is 6.61. The molecule has 0 heterocycles. The average molecular weight is 292 g/mol. The fourth-order valence-corrected chi connectivity index (χ4v) is 1.42. The van der Waals surface area contributed by atoms with E-state index < -0.39 is 0 Å². The van der Waals surface area contributed by atoms with Gasteiger partial charge in [-0.05, 0) is 17.8 Å². The third kappa shape index (κ3) is 6.51. The Hall–Kier alpha value is -0.0500. The quantitative estimate of drug-likeness (QED) is 0.708. The monoisotopic (exact) mass is 291 g/mol. The van der Waals surface area contributed by atoms with Crippen LogP contribution in [0.15, 0.2) is 0 Å². The Morgan fingerprint density at radius 1 is 1.31 bits per heavy atom. The summed E-state index contributed by atoms with van der Waals surface area (Å²) in [5, 5.41) is 0. The van der Waals surface area contributed by atoms with Gasteiger partial charge in [-0.1, -0.05) is 50.5 Å². The molecule has 3 heteroatoms. The molecule has 0 radical (unpaired) electrons. The van der Waals surface area contributed by atoms with E-state index >= 15 is 0 Å². The van der Waals surface area contributed by atoms with E-state index in [4.69, 9.17) is 0 Å². The minimum atomic E-state index is 0.208. The van der Waals surface area contributed by atoms with Gasteiger partial charge in [0, 0.05) is 24.8 Å². The fraction of sp³-hybridized carbons (Fsp3) is 0.923. The predicted octanol–water partition coefficient (Wildman–Crippen LogP) is 3.69. The van der Waals surface area contributed by atoms with E-state index in [-0.39, 0.29) is 11.3 Å². The Morgan fingerprint density at radius 2 is 1.81 bits per heavy atom. The summed E-state index contributed by atoms with van der Waals surface area (Å²) in [5.41, 5.74) is 0.208. The van der Waals surface area contributed by atoms with Crippen molar-refractivity contribution in [2.24, 2.45) is 11.3 Å². The van der Waals surface area contributed by atoms with Crippen molar-refractivity contribution >= 4 is 21.8 Å². The van der Waals surface area contributed by atoms with Gasteiger partial charge in [-0.15, -0.1) is 0 Å². The van der Waals surface area contributed by atoms with E-state index in [0.29, 0.717) is 17.2 Å². The number of carbonyl (C=O) groups excluding carboxylic acids is 1. The van der Waals surface area contributed by atoms with Crippen molar-refractivity contribution in [2.75, 3.05) is 13.6 Å². The molecule has 0 aromatic heterocycles. The van der Waals surface area contributed by atoms with Crippen molar-refractivity contribution in [3.63, 3.8) is 0 Å². The lowest BCUT2D eigenvalue weighted by molar-refractivity contribution is -0.131. The summed E-state index contributed by atoms with van der Waals surface area (Å²) in [6, 6.07) is 0. The normalized spacial score (nSPS) is 15.7. The maximum Gasteiger partial charge on any atom is 0.222 e. The van der Waals surface area contributed by atoms with Gasteiger partial charge < -0.3 is 4.90 Å². The second kappa shape index (κ2) is 6.63. The Morgan fingerprint density at radius 3 is 2.19 bits per heavy atom. The zero-order chi connectivity index (χ0) is 12.9. The molecule has 0 saturated carbocycles. The highest BCUT2D eigenvalue weighted by Crippen LogP contribution is 2.28.